The lowest BCUT2D eigenvalue weighted by molar-refractivity contribution is -0.115. The fourth-order valence-corrected chi connectivity index (χ4v) is 2.86. The summed E-state index contributed by atoms with van der Waals surface area (Å²) in [5.41, 5.74) is 5.79. The lowest BCUT2D eigenvalue weighted by Crippen LogP contribution is -2.14. The molecule has 1 heterocycles. The molecule has 0 aliphatic heterocycles. The molecule has 3 aromatic rings. The highest BCUT2D eigenvalue weighted by Gasteiger charge is 2.05. The van der Waals surface area contributed by atoms with Crippen LogP contribution in [0.1, 0.15) is 11.1 Å². The lowest BCUT2D eigenvalue weighted by Gasteiger charge is -2.06. The van der Waals surface area contributed by atoms with Crippen LogP contribution in [0.2, 0.25) is 0 Å². The number of carbonyl (C=O) groups is 1. The third kappa shape index (κ3) is 2.86. The van der Waals surface area contributed by atoms with Gasteiger partial charge in [0.05, 0.1) is 22.1 Å². The second-order valence-corrected chi connectivity index (χ2v) is 5.64. The summed E-state index contributed by atoms with van der Waals surface area (Å²) >= 11 is 1.57. The zero-order valence-electron chi connectivity index (χ0n) is 11.1. The van der Waals surface area contributed by atoms with Crippen molar-refractivity contribution >= 4 is 33.1 Å². The molecule has 0 radical (unpaired) electrons. The standard InChI is InChI=1S/C16H14N2OS/c1-11-3-2-4-12(7-11)8-16(19)18-13-5-6-14-15(9-13)20-10-17-14/h2-7,9-10H,8H2,1H3,(H,18,19). The number of fused-ring (bicyclic) bond motifs is 1. The van der Waals surface area contributed by atoms with Gasteiger partial charge in [-0.15, -0.1) is 11.3 Å². The molecule has 0 bridgehead atoms. The van der Waals surface area contributed by atoms with Crippen molar-refractivity contribution in [3.8, 4) is 0 Å². The molecule has 100 valence electrons. The normalized spacial score (nSPS) is 10.7. The molecular weight excluding hydrogens is 268 g/mol. The fourth-order valence-electron chi connectivity index (χ4n) is 2.15. The van der Waals surface area contributed by atoms with Crippen molar-refractivity contribution in [2.75, 3.05) is 5.32 Å². The molecule has 2 aromatic carbocycles. The van der Waals surface area contributed by atoms with E-state index in [0.717, 1.165) is 21.5 Å². The Balaban J connectivity index is 1.72. The van der Waals surface area contributed by atoms with E-state index in [2.05, 4.69) is 10.3 Å². The molecule has 0 atom stereocenters. The second kappa shape index (κ2) is 5.43. The first-order valence-electron chi connectivity index (χ1n) is 6.39. The summed E-state index contributed by atoms with van der Waals surface area (Å²) in [5, 5.41) is 2.93. The van der Waals surface area contributed by atoms with Crippen molar-refractivity contribution in [1.29, 1.82) is 0 Å². The van der Waals surface area contributed by atoms with Crippen LogP contribution in [0.3, 0.4) is 0 Å². The van der Waals surface area contributed by atoms with Crippen molar-refractivity contribution in [2.45, 2.75) is 13.3 Å². The molecule has 1 aromatic heterocycles. The largest absolute Gasteiger partial charge is 0.326 e. The van der Waals surface area contributed by atoms with Gasteiger partial charge in [-0.2, -0.15) is 0 Å². The number of carbonyl (C=O) groups excluding carboxylic acids is 1. The summed E-state index contributed by atoms with van der Waals surface area (Å²) in [7, 11) is 0. The molecule has 3 rings (SSSR count). The molecule has 0 aliphatic rings. The van der Waals surface area contributed by atoms with Crippen LogP contribution in [-0.2, 0) is 11.2 Å². The van der Waals surface area contributed by atoms with E-state index in [1.807, 2.05) is 54.9 Å². The first kappa shape index (κ1) is 12.8. The van der Waals surface area contributed by atoms with Crippen molar-refractivity contribution in [3.63, 3.8) is 0 Å². The summed E-state index contributed by atoms with van der Waals surface area (Å²) in [6.07, 6.45) is 0.391. The molecule has 0 spiro atoms. The van der Waals surface area contributed by atoms with Crippen LogP contribution in [0.25, 0.3) is 10.2 Å². The van der Waals surface area contributed by atoms with Crippen LogP contribution in [0.4, 0.5) is 5.69 Å². The molecule has 1 amide bonds. The van der Waals surface area contributed by atoms with Gasteiger partial charge in [0.1, 0.15) is 0 Å². The summed E-state index contributed by atoms with van der Waals surface area (Å²) in [6.45, 7) is 2.03. The number of rotatable bonds is 3. The number of thiazole rings is 1. The number of amides is 1. The fraction of sp³-hybridized carbons (Fsp3) is 0.125. The number of hydrogen-bond donors (Lipinski definition) is 1. The lowest BCUT2D eigenvalue weighted by atomic mass is 10.1. The Hall–Kier alpha value is -2.20. The first-order chi connectivity index (χ1) is 9.70. The number of aromatic nitrogens is 1. The quantitative estimate of drug-likeness (QED) is 0.794. The van der Waals surface area contributed by atoms with E-state index in [4.69, 9.17) is 0 Å². The maximum atomic E-state index is 12.0. The van der Waals surface area contributed by atoms with Crippen molar-refractivity contribution in [3.05, 3.63) is 59.1 Å². The smallest absolute Gasteiger partial charge is 0.228 e. The third-order valence-corrected chi connectivity index (χ3v) is 3.85. The average Bonchev–Trinajstić information content (AvgIpc) is 2.86. The van der Waals surface area contributed by atoms with Gasteiger partial charge < -0.3 is 5.32 Å². The molecule has 4 heteroatoms. The number of aryl methyl sites for hydroxylation is 1. The summed E-state index contributed by atoms with van der Waals surface area (Å²) in [6, 6.07) is 13.8. The molecule has 20 heavy (non-hydrogen) atoms. The van der Waals surface area contributed by atoms with E-state index in [9.17, 15) is 4.79 Å². The Morgan fingerprint density at radius 1 is 1.25 bits per heavy atom. The minimum Gasteiger partial charge on any atom is -0.326 e. The molecular formula is C16H14N2OS. The molecule has 0 saturated heterocycles. The Kier molecular flexibility index (Phi) is 3.48. The predicted molar refractivity (Wildman–Crippen MR) is 83.1 cm³/mol. The van der Waals surface area contributed by atoms with E-state index < -0.39 is 0 Å². The van der Waals surface area contributed by atoms with Crippen LogP contribution >= 0.6 is 11.3 Å². The molecule has 0 unspecified atom stereocenters. The van der Waals surface area contributed by atoms with Crippen LogP contribution < -0.4 is 5.32 Å². The highest BCUT2D eigenvalue weighted by Crippen LogP contribution is 2.21. The number of nitrogens with zero attached hydrogens (tertiary/aromatic N) is 1. The topological polar surface area (TPSA) is 42.0 Å². The van der Waals surface area contributed by atoms with E-state index in [0.29, 0.717) is 6.42 Å². The summed E-state index contributed by atoms with van der Waals surface area (Å²) in [4.78, 5) is 16.3. The van der Waals surface area contributed by atoms with Gasteiger partial charge in [-0.05, 0) is 30.7 Å². The van der Waals surface area contributed by atoms with E-state index in [1.165, 1.54) is 5.56 Å². The van der Waals surface area contributed by atoms with Crippen LogP contribution in [0, 0.1) is 6.92 Å². The molecule has 1 N–H and O–H groups in total. The maximum absolute atomic E-state index is 12.0. The Morgan fingerprint density at radius 2 is 2.15 bits per heavy atom. The van der Waals surface area contributed by atoms with Crippen LogP contribution in [0.5, 0.6) is 0 Å². The van der Waals surface area contributed by atoms with Gasteiger partial charge in [-0.25, -0.2) is 4.98 Å². The monoisotopic (exact) mass is 282 g/mol. The van der Waals surface area contributed by atoms with Gasteiger partial charge in [-0.1, -0.05) is 29.8 Å². The van der Waals surface area contributed by atoms with Gasteiger partial charge in [0.25, 0.3) is 0 Å². The van der Waals surface area contributed by atoms with Crippen LogP contribution in [0.15, 0.2) is 48.0 Å². The van der Waals surface area contributed by atoms with Gasteiger partial charge in [0.2, 0.25) is 5.91 Å². The maximum Gasteiger partial charge on any atom is 0.228 e. The van der Waals surface area contributed by atoms with Gasteiger partial charge in [0, 0.05) is 5.69 Å². The average molecular weight is 282 g/mol. The second-order valence-electron chi connectivity index (χ2n) is 4.75. The van der Waals surface area contributed by atoms with Crippen molar-refractivity contribution in [2.24, 2.45) is 0 Å². The number of anilines is 1. The van der Waals surface area contributed by atoms with Crippen molar-refractivity contribution in [1.82, 2.24) is 4.98 Å². The van der Waals surface area contributed by atoms with Gasteiger partial charge in [-0.3, -0.25) is 4.79 Å². The first-order valence-corrected chi connectivity index (χ1v) is 7.27. The molecule has 0 saturated carbocycles. The number of benzene rings is 2. The highest BCUT2D eigenvalue weighted by molar-refractivity contribution is 7.16. The molecule has 0 aliphatic carbocycles. The minimum absolute atomic E-state index is 0.000495. The SMILES string of the molecule is Cc1cccc(CC(=O)Nc2ccc3ncsc3c2)c1. The Morgan fingerprint density at radius 3 is 3.00 bits per heavy atom. The van der Waals surface area contributed by atoms with Crippen LogP contribution in [-0.4, -0.2) is 10.9 Å². The highest BCUT2D eigenvalue weighted by atomic mass is 32.1. The van der Waals surface area contributed by atoms with Gasteiger partial charge >= 0.3 is 0 Å². The molecule has 3 nitrogen and oxygen atoms in total. The number of hydrogen-bond acceptors (Lipinski definition) is 3. The van der Waals surface area contributed by atoms with E-state index in [1.54, 1.807) is 11.3 Å². The number of nitrogens with one attached hydrogen (secondary N) is 1. The zero-order chi connectivity index (χ0) is 13.9. The van der Waals surface area contributed by atoms with Gasteiger partial charge in [0.15, 0.2) is 0 Å². The minimum atomic E-state index is -0.000495. The zero-order valence-corrected chi connectivity index (χ0v) is 11.9. The Bertz CT molecular complexity index is 764. The van der Waals surface area contributed by atoms with E-state index in [-0.39, 0.29) is 5.91 Å². The van der Waals surface area contributed by atoms with Crippen molar-refractivity contribution < 1.29 is 4.79 Å². The summed E-state index contributed by atoms with van der Waals surface area (Å²) in [5.74, 6) is -0.000495. The third-order valence-electron chi connectivity index (χ3n) is 3.06. The molecule has 0 fully saturated rings. The predicted octanol–water partition coefficient (Wildman–Crippen LogP) is 3.79. The van der Waals surface area contributed by atoms with E-state index >= 15 is 0 Å². The summed E-state index contributed by atoms with van der Waals surface area (Å²) < 4.78 is 1.08. The Labute approximate surface area is 121 Å².